The molecule has 1 aliphatic rings. The van der Waals surface area contributed by atoms with Gasteiger partial charge in [0.2, 0.25) is 11.8 Å². The average Bonchev–Trinajstić information content (AvgIpc) is 3.11. The third-order valence-corrected chi connectivity index (χ3v) is 5.79. The molecular formula is C21H22N6O3. The number of nitrogens with zero attached hydrogens (tertiary/aromatic N) is 1. The van der Waals surface area contributed by atoms with Gasteiger partial charge in [0.1, 0.15) is 5.82 Å². The zero-order valence-electron chi connectivity index (χ0n) is 16.2. The number of fused-ring (bicyclic) bond motifs is 2. The second kappa shape index (κ2) is 7.27. The number of rotatable bonds is 5. The maximum atomic E-state index is 11.9. The van der Waals surface area contributed by atoms with E-state index in [9.17, 15) is 14.4 Å². The highest BCUT2D eigenvalue weighted by atomic mass is 16.2. The van der Waals surface area contributed by atoms with Crippen molar-refractivity contribution in [1.82, 2.24) is 15.2 Å². The molecule has 0 saturated carbocycles. The maximum Gasteiger partial charge on any atom is 0.340 e. The van der Waals surface area contributed by atoms with Crippen LogP contribution in [0.3, 0.4) is 0 Å². The van der Waals surface area contributed by atoms with E-state index in [0.29, 0.717) is 42.8 Å². The molecule has 0 saturated heterocycles. The van der Waals surface area contributed by atoms with Crippen molar-refractivity contribution in [3.05, 3.63) is 86.1 Å². The molecular weight excluding hydrogens is 384 g/mol. The van der Waals surface area contributed by atoms with E-state index < -0.39 is 22.9 Å². The van der Waals surface area contributed by atoms with Crippen LogP contribution in [-0.2, 0) is 18.3 Å². The van der Waals surface area contributed by atoms with Crippen LogP contribution < -0.4 is 22.9 Å². The molecule has 9 nitrogen and oxygen atoms in total. The van der Waals surface area contributed by atoms with Gasteiger partial charge in [0.15, 0.2) is 0 Å². The minimum Gasteiger partial charge on any atom is -0.366 e. The predicted octanol–water partition coefficient (Wildman–Crippen LogP) is 0.0776. The summed E-state index contributed by atoms with van der Waals surface area (Å²) in [7, 11) is 0. The first-order valence-electron chi connectivity index (χ1n) is 9.58. The Bertz CT molecular complexity index is 1140. The highest BCUT2D eigenvalue weighted by molar-refractivity contribution is 5.94. The summed E-state index contributed by atoms with van der Waals surface area (Å²) in [5, 5.41) is 6.69. The number of hydrogen-bond donors (Lipinski definition) is 5. The summed E-state index contributed by atoms with van der Waals surface area (Å²) >= 11 is 0. The second-order valence-electron chi connectivity index (χ2n) is 7.44. The number of benzene rings is 2. The van der Waals surface area contributed by atoms with Crippen molar-refractivity contribution in [2.45, 2.75) is 24.7 Å². The molecule has 2 amide bonds. The lowest BCUT2D eigenvalue weighted by atomic mass is 9.69. The Hall–Kier alpha value is -3.72. The van der Waals surface area contributed by atoms with E-state index in [1.807, 2.05) is 12.1 Å². The van der Waals surface area contributed by atoms with Crippen LogP contribution in [0.4, 0.5) is 0 Å². The Labute approximate surface area is 171 Å². The fourth-order valence-electron chi connectivity index (χ4n) is 4.49. The Morgan fingerprint density at radius 2 is 1.50 bits per heavy atom. The number of hydrogen-bond acceptors (Lipinski definition) is 5. The molecule has 2 aromatic carbocycles. The molecule has 1 aliphatic carbocycles. The first-order valence-corrected chi connectivity index (χ1v) is 9.58. The molecule has 0 atom stereocenters. The second-order valence-corrected chi connectivity index (χ2v) is 7.44. The number of H-pyrrole nitrogens is 2. The van der Waals surface area contributed by atoms with E-state index in [1.54, 1.807) is 24.3 Å². The summed E-state index contributed by atoms with van der Waals surface area (Å²) in [6.45, 7) is 0.308. The molecule has 154 valence electrons. The Morgan fingerprint density at radius 1 is 0.967 bits per heavy atom. The van der Waals surface area contributed by atoms with E-state index in [0.717, 1.165) is 22.3 Å². The van der Waals surface area contributed by atoms with Crippen LogP contribution in [0.15, 0.2) is 41.2 Å². The minimum atomic E-state index is -0.874. The number of amides is 2. The molecule has 0 fully saturated rings. The topological polar surface area (TPSA) is 174 Å². The van der Waals surface area contributed by atoms with Crippen molar-refractivity contribution in [2.24, 2.45) is 17.2 Å². The molecule has 0 spiro atoms. The van der Waals surface area contributed by atoms with E-state index in [4.69, 9.17) is 17.2 Å². The number of aryl methyl sites for hydroxylation is 2. The number of carbonyl (C=O) groups excluding carboxylic acids is 2. The van der Waals surface area contributed by atoms with Gasteiger partial charge in [0.05, 0.1) is 5.41 Å². The van der Waals surface area contributed by atoms with Crippen LogP contribution in [-0.4, -0.2) is 33.5 Å². The zero-order chi connectivity index (χ0) is 21.5. The fraction of sp³-hybridized carbons (Fsp3) is 0.238. The zero-order valence-corrected chi connectivity index (χ0v) is 16.2. The first kappa shape index (κ1) is 19.6. The van der Waals surface area contributed by atoms with E-state index in [-0.39, 0.29) is 0 Å². The third kappa shape index (κ3) is 3.00. The molecule has 1 aromatic heterocycles. The Morgan fingerprint density at radius 3 is 1.90 bits per heavy atom. The number of aromatic amines is 2. The van der Waals surface area contributed by atoms with Gasteiger partial charge in [-0.3, -0.25) is 14.6 Å². The van der Waals surface area contributed by atoms with Crippen LogP contribution in [0.1, 0.15) is 55.2 Å². The summed E-state index contributed by atoms with van der Waals surface area (Å²) in [5.74, 6) is -0.623. The van der Waals surface area contributed by atoms with E-state index >= 15 is 0 Å². The Kier molecular flexibility index (Phi) is 4.75. The van der Waals surface area contributed by atoms with Crippen LogP contribution in [0, 0.1) is 0 Å². The SMILES string of the molecule is NCCC1(c2n[nH]c(=O)[nH]2)c2ccc(C(N)=O)cc2CCc2cc(C(N)=O)ccc21. The lowest BCUT2D eigenvalue weighted by Crippen LogP contribution is -2.35. The minimum absolute atomic E-state index is 0.308. The number of aromatic nitrogens is 3. The van der Waals surface area contributed by atoms with Crippen LogP contribution >= 0.6 is 0 Å². The van der Waals surface area contributed by atoms with E-state index in [1.165, 1.54) is 0 Å². The summed E-state index contributed by atoms with van der Waals surface area (Å²) in [6.07, 6.45) is 1.65. The van der Waals surface area contributed by atoms with Crippen LogP contribution in [0.25, 0.3) is 0 Å². The van der Waals surface area contributed by atoms with Crippen LogP contribution in [0.2, 0.25) is 0 Å². The van der Waals surface area contributed by atoms with Gasteiger partial charge in [-0.25, -0.2) is 9.89 Å². The van der Waals surface area contributed by atoms with Crippen molar-refractivity contribution >= 4 is 11.8 Å². The van der Waals surface area contributed by atoms with Gasteiger partial charge in [0.25, 0.3) is 0 Å². The molecule has 0 bridgehead atoms. The van der Waals surface area contributed by atoms with Crippen molar-refractivity contribution in [1.29, 1.82) is 0 Å². The summed E-state index contributed by atoms with van der Waals surface area (Å²) in [5.41, 5.74) is 20.1. The number of nitrogens with one attached hydrogen (secondary N) is 2. The lowest BCUT2D eigenvalue weighted by Gasteiger charge is -2.34. The molecule has 1 heterocycles. The van der Waals surface area contributed by atoms with Gasteiger partial charge in [-0.05, 0) is 72.3 Å². The summed E-state index contributed by atoms with van der Waals surface area (Å²) in [6, 6.07) is 10.6. The van der Waals surface area contributed by atoms with Gasteiger partial charge in [0, 0.05) is 11.1 Å². The van der Waals surface area contributed by atoms with Crippen molar-refractivity contribution in [3.8, 4) is 0 Å². The molecule has 8 N–H and O–H groups in total. The van der Waals surface area contributed by atoms with Crippen molar-refractivity contribution < 1.29 is 9.59 Å². The highest BCUT2D eigenvalue weighted by Gasteiger charge is 2.43. The largest absolute Gasteiger partial charge is 0.366 e. The third-order valence-electron chi connectivity index (χ3n) is 5.79. The summed E-state index contributed by atoms with van der Waals surface area (Å²) in [4.78, 5) is 38.3. The van der Waals surface area contributed by atoms with Gasteiger partial charge in [-0.1, -0.05) is 12.1 Å². The molecule has 9 heteroatoms. The molecule has 0 radical (unpaired) electrons. The van der Waals surface area contributed by atoms with Gasteiger partial charge in [-0.15, -0.1) is 0 Å². The Balaban J connectivity index is 2.08. The molecule has 0 unspecified atom stereocenters. The normalized spacial score (nSPS) is 14.4. The number of nitrogens with two attached hydrogens (primary N) is 3. The number of carbonyl (C=O) groups is 2. The maximum absolute atomic E-state index is 11.9. The van der Waals surface area contributed by atoms with Crippen LogP contribution in [0.5, 0.6) is 0 Å². The summed E-state index contributed by atoms with van der Waals surface area (Å²) < 4.78 is 0. The fourth-order valence-corrected chi connectivity index (χ4v) is 4.49. The monoisotopic (exact) mass is 406 g/mol. The van der Waals surface area contributed by atoms with Crippen molar-refractivity contribution in [3.63, 3.8) is 0 Å². The van der Waals surface area contributed by atoms with Crippen molar-refractivity contribution in [2.75, 3.05) is 6.54 Å². The molecule has 0 aliphatic heterocycles. The number of primary amides is 2. The van der Waals surface area contributed by atoms with Gasteiger partial charge in [-0.2, -0.15) is 5.10 Å². The standard InChI is InChI=1S/C21H22N6O3/c22-8-7-21(19-25-20(30)27-26-19)15-5-3-13(17(23)28)9-11(15)1-2-12-10-14(18(24)29)4-6-16(12)21/h3-6,9-10H,1-2,7-8,22H2,(H2,23,28)(H2,24,29)(H2,25,26,27,30). The lowest BCUT2D eigenvalue weighted by molar-refractivity contribution is 0.0991. The predicted molar refractivity (Wildman–Crippen MR) is 110 cm³/mol. The quantitative estimate of drug-likeness (QED) is 0.403. The smallest absolute Gasteiger partial charge is 0.340 e. The van der Waals surface area contributed by atoms with E-state index in [2.05, 4.69) is 15.2 Å². The first-order chi connectivity index (χ1) is 14.4. The van der Waals surface area contributed by atoms with Gasteiger partial charge < -0.3 is 17.2 Å². The highest BCUT2D eigenvalue weighted by Crippen LogP contribution is 2.45. The molecule has 30 heavy (non-hydrogen) atoms. The molecule has 4 rings (SSSR count). The average molecular weight is 406 g/mol. The van der Waals surface area contributed by atoms with Gasteiger partial charge >= 0.3 is 5.69 Å². The molecule has 3 aromatic rings.